The lowest BCUT2D eigenvalue weighted by atomic mass is 9.79. The predicted molar refractivity (Wildman–Crippen MR) is 180 cm³/mol. The third-order valence-electron chi connectivity index (χ3n) is 9.16. The molecule has 2 atom stereocenters. The summed E-state index contributed by atoms with van der Waals surface area (Å²) >= 11 is 0.392. The summed E-state index contributed by atoms with van der Waals surface area (Å²) in [5.41, 5.74) is 2.19. The average Bonchev–Trinajstić information content (AvgIpc) is 3.59. The number of carbonyl (C=O) groups is 3. The highest BCUT2D eigenvalue weighted by atomic mass is 32.1. The van der Waals surface area contributed by atoms with Crippen molar-refractivity contribution >= 4 is 34.7 Å². The van der Waals surface area contributed by atoms with Crippen molar-refractivity contribution in [2.24, 2.45) is 5.73 Å². The van der Waals surface area contributed by atoms with E-state index >= 15 is 0 Å². The molecular formula is C35H39F6N5O5S. The zero-order valence-electron chi connectivity index (χ0n) is 28.3. The number of pyridine rings is 1. The summed E-state index contributed by atoms with van der Waals surface area (Å²) in [4.78, 5) is 47.5. The Bertz CT molecular complexity index is 1730. The maximum atomic E-state index is 14.8. The fourth-order valence-electron chi connectivity index (χ4n) is 6.79. The molecule has 282 valence electrons. The van der Waals surface area contributed by atoms with Crippen LogP contribution in [-0.4, -0.2) is 83.5 Å². The number of nitrogens with zero attached hydrogens (tertiary/aromatic N) is 4. The second kappa shape index (κ2) is 16.0. The third kappa shape index (κ3) is 8.56. The lowest BCUT2D eigenvalue weighted by molar-refractivity contribution is -0.159. The van der Waals surface area contributed by atoms with E-state index in [4.69, 9.17) is 15.2 Å². The van der Waals surface area contributed by atoms with Crippen LogP contribution in [0.1, 0.15) is 66.2 Å². The van der Waals surface area contributed by atoms with Crippen molar-refractivity contribution in [3.8, 4) is 11.5 Å². The molecule has 5 rings (SSSR count). The summed E-state index contributed by atoms with van der Waals surface area (Å²) in [5.74, 6) is -1.66. The Morgan fingerprint density at radius 2 is 1.75 bits per heavy atom. The number of para-hydroxylation sites is 2. The largest absolute Gasteiger partial charge is 0.491 e. The number of alkyl halides is 6. The Labute approximate surface area is 300 Å². The Hall–Kier alpha value is -4.54. The number of anilines is 1. The Morgan fingerprint density at radius 3 is 2.40 bits per heavy atom. The van der Waals surface area contributed by atoms with E-state index in [0.717, 1.165) is 29.5 Å². The number of hydrogen-bond donors (Lipinski definition) is 1. The third-order valence-corrected chi connectivity index (χ3v) is 10.1. The number of aromatic nitrogens is 1. The van der Waals surface area contributed by atoms with Gasteiger partial charge in [-0.1, -0.05) is 25.5 Å². The first-order valence-corrected chi connectivity index (χ1v) is 17.7. The van der Waals surface area contributed by atoms with Crippen LogP contribution >= 0.6 is 11.3 Å². The van der Waals surface area contributed by atoms with Crippen LogP contribution in [0.25, 0.3) is 0 Å². The van der Waals surface area contributed by atoms with Gasteiger partial charge in [-0.05, 0) is 37.5 Å². The molecular weight excluding hydrogens is 716 g/mol. The molecule has 0 unspecified atom stereocenters. The number of carbonyl (C=O) groups excluding carboxylic acids is 3. The lowest BCUT2D eigenvalue weighted by Crippen LogP contribution is -2.69. The van der Waals surface area contributed by atoms with Gasteiger partial charge in [0.05, 0.1) is 29.5 Å². The number of primary amides is 1. The summed E-state index contributed by atoms with van der Waals surface area (Å²) in [7, 11) is 0. The standard InChI is InChI=1S/C35H39F6N5O5S/c1-2-7-28-33(51-23-20-29(52-22-23)35(39,40)41,12-6-14-46(28)31(48)24-21-43-13-11-25(24)34(36,37)38)32(49)45-17-15-44(16-18-45)26-8-3-4-9-27(26)50-19-5-10-30(42)47/h3-4,8-9,11,13,20-22,28H,2,5-7,10,12,14-19H2,1H3,(H2,42,47)/t28-,33+/m1/s1. The SMILES string of the molecule is CCC[C@H]1N(C(=O)c2cnccc2C(F)(F)F)CCC[C@@]1(Oc1csc(C(F)(F)F)c1)C(=O)N1CCN(c2ccccc2OCCCC(N)=O)CC1. The summed E-state index contributed by atoms with van der Waals surface area (Å²) in [5, 5.41) is 1.14. The van der Waals surface area contributed by atoms with E-state index < -0.39 is 57.7 Å². The molecule has 1 aromatic carbocycles. The Morgan fingerprint density at radius 1 is 1.02 bits per heavy atom. The van der Waals surface area contributed by atoms with E-state index in [9.17, 15) is 40.7 Å². The summed E-state index contributed by atoms with van der Waals surface area (Å²) in [6.07, 6.45) is -6.53. The molecule has 2 aliphatic heterocycles. The number of benzene rings is 1. The number of amides is 3. The number of ether oxygens (including phenoxy) is 2. The van der Waals surface area contributed by atoms with Crippen LogP contribution in [-0.2, 0) is 21.9 Å². The molecule has 2 saturated heterocycles. The van der Waals surface area contributed by atoms with Crippen LogP contribution in [0, 0.1) is 0 Å². The van der Waals surface area contributed by atoms with E-state index in [1.54, 1.807) is 19.1 Å². The second-order valence-corrected chi connectivity index (χ2v) is 13.5. The van der Waals surface area contributed by atoms with Crippen LogP contribution in [0.5, 0.6) is 11.5 Å². The zero-order valence-corrected chi connectivity index (χ0v) is 29.2. The van der Waals surface area contributed by atoms with Gasteiger partial charge in [0.2, 0.25) is 11.5 Å². The minimum Gasteiger partial charge on any atom is -0.491 e. The molecule has 2 fully saturated rings. The number of hydrogen-bond acceptors (Lipinski definition) is 8. The molecule has 10 nitrogen and oxygen atoms in total. The van der Waals surface area contributed by atoms with Crippen molar-refractivity contribution in [2.75, 3.05) is 44.2 Å². The Kier molecular flexibility index (Phi) is 11.9. The molecule has 2 aliphatic rings. The van der Waals surface area contributed by atoms with Gasteiger partial charge in [-0.2, -0.15) is 26.3 Å². The normalized spacial score (nSPS) is 19.8. The number of piperidine rings is 1. The molecule has 3 aromatic rings. The fraction of sp³-hybridized carbons (Fsp3) is 0.486. The van der Waals surface area contributed by atoms with Crippen molar-refractivity contribution in [3.05, 3.63) is 70.2 Å². The van der Waals surface area contributed by atoms with E-state index in [0.29, 0.717) is 49.1 Å². The van der Waals surface area contributed by atoms with Crippen molar-refractivity contribution in [1.82, 2.24) is 14.8 Å². The zero-order chi connectivity index (χ0) is 37.7. The molecule has 2 aromatic heterocycles. The number of likely N-dealkylation sites (tertiary alicyclic amines) is 1. The monoisotopic (exact) mass is 755 g/mol. The summed E-state index contributed by atoms with van der Waals surface area (Å²) < 4.78 is 95.2. The fourth-order valence-corrected chi connectivity index (χ4v) is 7.47. The quantitative estimate of drug-likeness (QED) is 0.168. The minimum absolute atomic E-state index is 0.00444. The van der Waals surface area contributed by atoms with Gasteiger partial charge in [-0.3, -0.25) is 19.4 Å². The van der Waals surface area contributed by atoms with E-state index in [1.807, 2.05) is 17.0 Å². The summed E-state index contributed by atoms with van der Waals surface area (Å²) in [6, 6.07) is 7.66. The van der Waals surface area contributed by atoms with Gasteiger partial charge in [0.1, 0.15) is 16.4 Å². The highest BCUT2D eigenvalue weighted by Gasteiger charge is 2.56. The van der Waals surface area contributed by atoms with E-state index in [2.05, 4.69) is 4.98 Å². The number of piperazine rings is 1. The number of halogens is 6. The second-order valence-electron chi connectivity index (χ2n) is 12.6. The van der Waals surface area contributed by atoms with Crippen LogP contribution < -0.4 is 20.1 Å². The van der Waals surface area contributed by atoms with Crippen LogP contribution in [0.15, 0.2) is 54.2 Å². The number of nitrogens with two attached hydrogens (primary N) is 1. The van der Waals surface area contributed by atoms with Gasteiger partial charge >= 0.3 is 12.4 Å². The summed E-state index contributed by atoms with van der Waals surface area (Å²) in [6.45, 7) is 3.05. The first-order valence-electron chi connectivity index (χ1n) is 16.9. The van der Waals surface area contributed by atoms with Gasteiger partial charge in [0, 0.05) is 69.4 Å². The van der Waals surface area contributed by atoms with Crippen molar-refractivity contribution in [3.63, 3.8) is 0 Å². The number of rotatable bonds is 12. The predicted octanol–water partition coefficient (Wildman–Crippen LogP) is 6.40. The molecule has 4 heterocycles. The van der Waals surface area contributed by atoms with Crippen LogP contribution in [0.4, 0.5) is 32.0 Å². The smallest absolute Gasteiger partial charge is 0.425 e. The molecule has 52 heavy (non-hydrogen) atoms. The van der Waals surface area contributed by atoms with Gasteiger partial charge in [0.15, 0.2) is 0 Å². The highest BCUT2D eigenvalue weighted by Crippen LogP contribution is 2.43. The van der Waals surface area contributed by atoms with E-state index in [-0.39, 0.29) is 57.7 Å². The lowest BCUT2D eigenvalue weighted by Gasteiger charge is -2.50. The molecule has 3 amide bonds. The Balaban J connectivity index is 1.45. The molecule has 0 bridgehead atoms. The molecule has 17 heteroatoms. The van der Waals surface area contributed by atoms with E-state index in [1.165, 1.54) is 9.80 Å². The molecule has 2 N–H and O–H groups in total. The molecule has 0 spiro atoms. The van der Waals surface area contributed by atoms with Gasteiger partial charge in [0.25, 0.3) is 11.8 Å². The molecule has 0 saturated carbocycles. The minimum atomic E-state index is -4.87. The maximum absolute atomic E-state index is 14.8. The first kappa shape index (κ1) is 38.7. The van der Waals surface area contributed by atoms with Crippen LogP contribution in [0.2, 0.25) is 0 Å². The maximum Gasteiger partial charge on any atom is 0.425 e. The van der Waals surface area contributed by atoms with Crippen LogP contribution in [0.3, 0.4) is 0 Å². The average molecular weight is 756 g/mol. The van der Waals surface area contributed by atoms with Gasteiger partial charge in [-0.25, -0.2) is 0 Å². The van der Waals surface area contributed by atoms with Gasteiger partial charge in [-0.15, -0.1) is 11.3 Å². The van der Waals surface area contributed by atoms with Crippen molar-refractivity contribution in [1.29, 1.82) is 0 Å². The first-order chi connectivity index (χ1) is 24.7. The van der Waals surface area contributed by atoms with Crippen molar-refractivity contribution in [2.45, 2.75) is 69.4 Å². The van der Waals surface area contributed by atoms with Crippen molar-refractivity contribution < 1.29 is 50.2 Å². The number of thiophene rings is 1. The molecule has 0 radical (unpaired) electrons. The molecule has 0 aliphatic carbocycles. The topological polar surface area (TPSA) is 118 Å². The van der Waals surface area contributed by atoms with Gasteiger partial charge < -0.3 is 29.9 Å². The highest BCUT2D eigenvalue weighted by molar-refractivity contribution is 7.10.